The predicted octanol–water partition coefficient (Wildman–Crippen LogP) is 1.58. The molecule has 0 amide bonds. The molecule has 2 N–H and O–H groups in total. The molecular weight excluding hydrogens is 214 g/mol. The van der Waals surface area contributed by atoms with E-state index >= 15 is 0 Å². The van der Waals surface area contributed by atoms with Gasteiger partial charge in [-0.15, -0.1) is 0 Å². The first-order chi connectivity index (χ1) is 8.02. The summed E-state index contributed by atoms with van der Waals surface area (Å²) in [6, 6.07) is 4.10. The third-order valence-corrected chi connectivity index (χ3v) is 3.32. The molecule has 1 saturated carbocycles. The van der Waals surface area contributed by atoms with Gasteiger partial charge >= 0.3 is 0 Å². The number of pyridine rings is 1. The van der Waals surface area contributed by atoms with Crippen molar-refractivity contribution in [3.8, 4) is 5.88 Å². The molecule has 0 atom stereocenters. The molecule has 4 nitrogen and oxygen atoms in total. The van der Waals surface area contributed by atoms with Gasteiger partial charge in [0.05, 0.1) is 7.11 Å². The fraction of sp³-hybridized carbons (Fsp3) is 0.615. The summed E-state index contributed by atoms with van der Waals surface area (Å²) in [4.78, 5) is 6.37. The van der Waals surface area contributed by atoms with E-state index in [1.165, 1.54) is 5.56 Å². The molecule has 1 heterocycles. The van der Waals surface area contributed by atoms with Crippen molar-refractivity contribution in [2.75, 3.05) is 26.1 Å². The van der Waals surface area contributed by atoms with E-state index in [9.17, 15) is 0 Å². The lowest BCUT2D eigenvalue weighted by atomic mass is 10.1. The zero-order valence-corrected chi connectivity index (χ0v) is 10.9. The smallest absolute Gasteiger partial charge is 0.215 e. The number of rotatable bonds is 5. The van der Waals surface area contributed by atoms with Crippen LogP contribution in [0.2, 0.25) is 0 Å². The predicted molar refractivity (Wildman–Crippen MR) is 69.6 cm³/mol. The number of hydrogen-bond donors (Lipinski definition) is 1. The van der Waals surface area contributed by atoms with Crippen LogP contribution in [0.3, 0.4) is 0 Å². The highest BCUT2D eigenvalue weighted by molar-refractivity contribution is 5.43. The molecule has 2 rings (SSSR count). The van der Waals surface area contributed by atoms with Crippen LogP contribution in [-0.4, -0.2) is 31.7 Å². The minimum atomic E-state index is 0.106. The van der Waals surface area contributed by atoms with E-state index in [2.05, 4.69) is 11.1 Å². The summed E-state index contributed by atoms with van der Waals surface area (Å²) in [6.07, 6.45) is 4.37. The Labute approximate surface area is 103 Å². The molecule has 0 aromatic carbocycles. The van der Waals surface area contributed by atoms with Crippen molar-refractivity contribution in [2.45, 2.75) is 31.2 Å². The average Bonchev–Trinajstić information content (AvgIpc) is 3.05. The molecule has 0 saturated heterocycles. The highest BCUT2D eigenvalue weighted by Crippen LogP contribution is 2.36. The van der Waals surface area contributed by atoms with Gasteiger partial charge in [-0.3, -0.25) is 0 Å². The Hall–Kier alpha value is -1.29. The normalized spacial score (nSPS) is 16.7. The summed E-state index contributed by atoms with van der Waals surface area (Å²) in [5.41, 5.74) is 7.46. The third-order valence-electron chi connectivity index (χ3n) is 3.32. The van der Waals surface area contributed by atoms with Gasteiger partial charge in [-0.25, -0.2) is 0 Å². The second-order valence-corrected chi connectivity index (χ2v) is 5.13. The van der Waals surface area contributed by atoms with Gasteiger partial charge in [0, 0.05) is 25.7 Å². The number of methoxy groups -OCH3 is 1. The van der Waals surface area contributed by atoms with Gasteiger partial charge in [-0.1, -0.05) is 0 Å². The van der Waals surface area contributed by atoms with Crippen molar-refractivity contribution in [3.63, 3.8) is 0 Å². The second-order valence-electron chi connectivity index (χ2n) is 5.13. The molecule has 0 radical (unpaired) electrons. The van der Waals surface area contributed by atoms with Gasteiger partial charge in [0.2, 0.25) is 5.88 Å². The lowest BCUT2D eigenvalue weighted by Crippen LogP contribution is -2.22. The van der Waals surface area contributed by atoms with Crippen molar-refractivity contribution in [1.82, 2.24) is 4.98 Å². The summed E-state index contributed by atoms with van der Waals surface area (Å²) >= 11 is 0. The molecule has 0 aliphatic heterocycles. The fourth-order valence-electron chi connectivity index (χ4n) is 1.83. The van der Waals surface area contributed by atoms with Crippen LogP contribution in [-0.2, 0) is 6.42 Å². The van der Waals surface area contributed by atoms with E-state index < -0.39 is 0 Å². The van der Waals surface area contributed by atoms with Crippen LogP contribution in [0.15, 0.2) is 12.1 Å². The molecule has 1 fully saturated rings. The lowest BCUT2D eigenvalue weighted by Gasteiger charge is -2.15. The highest BCUT2D eigenvalue weighted by atomic mass is 16.5. The van der Waals surface area contributed by atoms with Gasteiger partial charge in [0.15, 0.2) is 0 Å². The first kappa shape index (κ1) is 12.2. The Bertz CT molecular complexity index is 400. The molecule has 1 aliphatic carbocycles. The maximum atomic E-state index is 6.11. The number of ether oxygens (including phenoxy) is 1. The standard InChI is InChI=1S/C13H21N3O/c1-16(2)11-8-10(9-12(15-11)17-3)4-5-13(14)6-7-13/h8-9H,4-7,14H2,1-3H3. The van der Waals surface area contributed by atoms with Gasteiger partial charge < -0.3 is 15.4 Å². The van der Waals surface area contributed by atoms with Gasteiger partial charge in [0.1, 0.15) is 5.82 Å². The second kappa shape index (κ2) is 4.53. The molecule has 1 aromatic heterocycles. The number of anilines is 1. The summed E-state index contributed by atoms with van der Waals surface area (Å²) in [5, 5.41) is 0. The first-order valence-corrected chi connectivity index (χ1v) is 6.04. The third kappa shape index (κ3) is 3.09. The Morgan fingerprint density at radius 2 is 2.12 bits per heavy atom. The number of nitrogens with two attached hydrogens (primary N) is 1. The van der Waals surface area contributed by atoms with Crippen LogP contribution in [0.5, 0.6) is 5.88 Å². The Balaban J connectivity index is 2.11. The molecule has 0 spiro atoms. The van der Waals surface area contributed by atoms with Crippen LogP contribution < -0.4 is 15.4 Å². The molecule has 1 aromatic rings. The van der Waals surface area contributed by atoms with Gasteiger partial charge in [-0.2, -0.15) is 4.98 Å². The molecule has 94 valence electrons. The first-order valence-electron chi connectivity index (χ1n) is 6.04. The molecule has 1 aliphatic rings. The van der Waals surface area contributed by atoms with E-state index in [0.29, 0.717) is 5.88 Å². The zero-order chi connectivity index (χ0) is 12.5. The van der Waals surface area contributed by atoms with Crippen molar-refractivity contribution in [3.05, 3.63) is 17.7 Å². The van der Waals surface area contributed by atoms with Crippen LogP contribution in [0, 0.1) is 0 Å². The molecule has 0 bridgehead atoms. The van der Waals surface area contributed by atoms with Crippen LogP contribution in [0.4, 0.5) is 5.82 Å². The van der Waals surface area contributed by atoms with Gasteiger partial charge in [0.25, 0.3) is 0 Å². The maximum Gasteiger partial charge on any atom is 0.215 e. The number of aryl methyl sites for hydroxylation is 1. The number of nitrogens with zero attached hydrogens (tertiary/aromatic N) is 2. The lowest BCUT2D eigenvalue weighted by molar-refractivity contribution is 0.397. The number of aromatic nitrogens is 1. The molecular formula is C13H21N3O. The van der Waals surface area contributed by atoms with Crippen LogP contribution in [0.1, 0.15) is 24.8 Å². The molecule has 4 heteroatoms. The Morgan fingerprint density at radius 1 is 1.41 bits per heavy atom. The SMILES string of the molecule is COc1cc(CCC2(N)CC2)cc(N(C)C)n1. The summed E-state index contributed by atoms with van der Waals surface area (Å²) in [6.45, 7) is 0. The van der Waals surface area contributed by atoms with Crippen LogP contribution in [0.25, 0.3) is 0 Å². The van der Waals surface area contributed by atoms with E-state index in [1.54, 1.807) is 7.11 Å². The average molecular weight is 235 g/mol. The van der Waals surface area contributed by atoms with E-state index in [-0.39, 0.29) is 5.54 Å². The Morgan fingerprint density at radius 3 is 2.65 bits per heavy atom. The largest absolute Gasteiger partial charge is 0.481 e. The topological polar surface area (TPSA) is 51.4 Å². The summed E-state index contributed by atoms with van der Waals surface area (Å²) in [7, 11) is 5.62. The maximum absolute atomic E-state index is 6.11. The Kier molecular flexibility index (Phi) is 3.24. The minimum absolute atomic E-state index is 0.106. The van der Waals surface area contributed by atoms with Crippen molar-refractivity contribution in [1.29, 1.82) is 0 Å². The summed E-state index contributed by atoms with van der Waals surface area (Å²) < 4.78 is 5.22. The van der Waals surface area contributed by atoms with Crippen molar-refractivity contribution >= 4 is 5.82 Å². The highest BCUT2D eigenvalue weighted by Gasteiger charge is 2.37. The van der Waals surface area contributed by atoms with E-state index in [0.717, 1.165) is 31.5 Å². The zero-order valence-electron chi connectivity index (χ0n) is 10.9. The van der Waals surface area contributed by atoms with Gasteiger partial charge in [-0.05, 0) is 37.3 Å². The quantitative estimate of drug-likeness (QED) is 0.842. The monoisotopic (exact) mass is 235 g/mol. The minimum Gasteiger partial charge on any atom is -0.481 e. The van der Waals surface area contributed by atoms with Crippen molar-refractivity contribution in [2.24, 2.45) is 5.73 Å². The fourth-order valence-corrected chi connectivity index (χ4v) is 1.83. The number of hydrogen-bond acceptors (Lipinski definition) is 4. The molecule has 0 unspecified atom stereocenters. The summed E-state index contributed by atoms with van der Waals surface area (Å²) in [5.74, 6) is 1.61. The van der Waals surface area contributed by atoms with E-state index in [4.69, 9.17) is 10.5 Å². The molecule has 17 heavy (non-hydrogen) atoms. The van der Waals surface area contributed by atoms with E-state index in [1.807, 2.05) is 25.1 Å². The van der Waals surface area contributed by atoms with Crippen LogP contribution >= 0.6 is 0 Å². The van der Waals surface area contributed by atoms with Crippen molar-refractivity contribution < 1.29 is 4.74 Å².